The molecule has 1 amide bonds. The molecule has 1 aromatic rings. The number of benzene rings is 1. The minimum atomic E-state index is 0. The van der Waals surface area contributed by atoms with Gasteiger partial charge in [-0.25, -0.2) is 0 Å². The molecule has 1 heterocycles. The average Bonchev–Trinajstić information content (AvgIpc) is 2.53. The molecule has 0 spiro atoms. The Morgan fingerprint density at radius 2 is 2.14 bits per heavy atom. The Kier molecular flexibility index (Phi) is 9.25. The number of halogens is 2. The third kappa shape index (κ3) is 6.37. The first-order valence-corrected chi connectivity index (χ1v) is 8.89. The largest absolute Gasteiger partial charge is 0.341 e. The van der Waals surface area contributed by atoms with Gasteiger partial charge < -0.3 is 10.2 Å². The lowest BCUT2D eigenvalue weighted by molar-refractivity contribution is -0.132. The number of thioether (sulfide) groups is 1. The number of hydrogen-bond donors (Lipinski definition) is 1. The summed E-state index contributed by atoms with van der Waals surface area (Å²) in [6.07, 6.45) is 3.85. The fourth-order valence-corrected chi connectivity index (χ4v) is 3.52. The molecule has 22 heavy (non-hydrogen) atoms. The van der Waals surface area contributed by atoms with Gasteiger partial charge in [0.2, 0.25) is 5.91 Å². The molecule has 1 aliphatic heterocycles. The van der Waals surface area contributed by atoms with Crippen LogP contribution in [0.4, 0.5) is 0 Å². The van der Waals surface area contributed by atoms with Crippen molar-refractivity contribution >= 4 is 41.7 Å². The van der Waals surface area contributed by atoms with Crippen LogP contribution in [0.5, 0.6) is 0 Å². The predicted molar refractivity (Wildman–Crippen MR) is 97.3 cm³/mol. The van der Waals surface area contributed by atoms with Crippen molar-refractivity contribution in [3.63, 3.8) is 0 Å². The Morgan fingerprint density at radius 1 is 1.41 bits per heavy atom. The third-order valence-corrected chi connectivity index (χ3v) is 5.15. The van der Waals surface area contributed by atoms with E-state index in [0.717, 1.165) is 36.7 Å². The number of piperidine rings is 1. The summed E-state index contributed by atoms with van der Waals surface area (Å²) in [6, 6.07) is 8.32. The van der Waals surface area contributed by atoms with Crippen molar-refractivity contribution in [2.24, 2.45) is 0 Å². The summed E-state index contributed by atoms with van der Waals surface area (Å²) in [5.41, 5.74) is 0. The predicted octanol–water partition coefficient (Wildman–Crippen LogP) is 3.84. The van der Waals surface area contributed by atoms with Gasteiger partial charge in [-0.15, -0.1) is 24.2 Å². The molecule has 1 aliphatic rings. The van der Waals surface area contributed by atoms with Gasteiger partial charge in [0.1, 0.15) is 0 Å². The molecular weight excluding hydrogens is 339 g/mol. The Morgan fingerprint density at radius 3 is 2.82 bits per heavy atom. The van der Waals surface area contributed by atoms with Crippen molar-refractivity contribution in [3.05, 3.63) is 29.3 Å². The lowest BCUT2D eigenvalue weighted by atomic mass is 10.1. The maximum absolute atomic E-state index is 12.2. The van der Waals surface area contributed by atoms with Gasteiger partial charge in [0.15, 0.2) is 0 Å². The molecule has 1 saturated heterocycles. The van der Waals surface area contributed by atoms with E-state index in [4.69, 9.17) is 11.6 Å². The van der Waals surface area contributed by atoms with Crippen LogP contribution in [-0.4, -0.2) is 42.7 Å². The van der Waals surface area contributed by atoms with E-state index in [9.17, 15) is 4.79 Å². The van der Waals surface area contributed by atoms with Crippen LogP contribution in [0.3, 0.4) is 0 Å². The topological polar surface area (TPSA) is 32.3 Å². The molecule has 1 atom stereocenters. The summed E-state index contributed by atoms with van der Waals surface area (Å²) >= 11 is 7.64. The summed E-state index contributed by atoms with van der Waals surface area (Å²) in [5.74, 6) is 1.27. The van der Waals surface area contributed by atoms with Gasteiger partial charge in [0.05, 0.1) is 0 Å². The van der Waals surface area contributed by atoms with Crippen LogP contribution >= 0.6 is 35.8 Å². The zero-order chi connectivity index (χ0) is 15.1. The van der Waals surface area contributed by atoms with Crippen molar-refractivity contribution in [1.29, 1.82) is 0 Å². The Bertz CT molecular complexity index is 456. The second-order valence-corrected chi connectivity index (χ2v) is 6.98. The zero-order valence-corrected chi connectivity index (χ0v) is 15.3. The molecule has 2 rings (SSSR count). The van der Waals surface area contributed by atoms with Gasteiger partial charge in [0.25, 0.3) is 0 Å². The maximum Gasteiger partial charge on any atom is 0.222 e. The molecule has 1 N–H and O–H groups in total. The van der Waals surface area contributed by atoms with Crippen molar-refractivity contribution in [1.82, 2.24) is 10.2 Å². The van der Waals surface area contributed by atoms with E-state index in [-0.39, 0.29) is 12.4 Å². The fourth-order valence-electron chi connectivity index (χ4n) is 2.54. The van der Waals surface area contributed by atoms with Crippen LogP contribution in [0.25, 0.3) is 0 Å². The van der Waals surface area contributed by atoms with E-state index in [1.165, 1.54) is 11.3 Å². The molecular formula is C16H24Cl2N2OS. The molecule has 124 valence electrons. The number of rotatable bonds is 6. The highest BCUT2D eigenvalue weighted by molar-refractivity contribution is 7.99. The highest BCUT2D eigenvalue weighted by Crippen LogP contribution is 2.21. The number of carbonyl (C=O) groups excluding carboxylic acids is 1. The maximum atomic E-state index is 12.2. The number of likely N-dealkylation sites (N-methyl/N-ethyl adjacent to an activating group) is 1. The molecule has 6 heteroatoms. The molecule has 0 radical (unpaired) electrons. The molecule has 1 aromatic carbocycles. The zero-order valence-electron chi connectivity index (χ0n) is 12.9. The number of nitrogens with one attached hydrogen (secondary N) is 1. The van der Waals surface area contributed by atoms with Crippen LogP contribution in [-0.2, 0) is 4.79 Å². The van der Waals surface area contributed by atoms with Crippen LogP contribution < -0.4 is 5.32 Å². The van der Waals surface area contributed by atoms with Crippen molar-refractivity contribution in [3.8, 4) is 0 Å². The van der Waals surface area contributed by atoms with Crippen molar-refractivity contribution in [2.45, 2.75) is 36.6 Å². The minimum Gasteiger partial charge on any atom is -0.341 e. The summed E-state index contributed by atoms with van der Waals surface area (Å²) in [6.45, 7) is 1.78. The molecule has 0 bridgehead atoms. The number of nitrogens with zero attached hydrogens (tertiary/aromatic N) is 1. The second-order valence-electron chi connectivity index (χ2n) is 5.37. The van der Waals surface area contributed by atoms with E-state index in [0.29, 0.717) is 18.4 Å². The monoisotopic (exact) mass is 362 g/mol. The lowest BCUT2D eigenvalue weighted by Gasteiger charge is -2.32. The number of hydrogen-bond acceptors (Lipinski definition) is 3. The summed E-state index contributed by atoms with van der Waals surface area (Å²) < 4.78 is 0. The molecule has 1 fully saturated rings. The molecule has 3 nitrogen and oxygen atoms in total. The number of carbonyl (C=O) groups is 1. The van der Waals surface area contributed by atoms with Gasteiger partial charge >= 0.3 is 0 Å². The lowest BCUT2D eigenvalue weighted by Crippen LogP contribution is -2.46. The van der Waals surface area contributed by atoms with Gasteiger partial charge in [0, 0.05) is 35.5 Å². The summed E-state index contributed by atoms with van der Waals surface area (Å²) in [4.78, 5) is 15.4. The van der Waals surface area contributed by atoms with Gasteiger partial charge in [-0.2, -0.15) is 0 Å². The van der Waals surface area contributed by atoms with E-state index in [2.05, 4.69) is 5.32 Å². The Balaban J connectivity index is 0.00000242. The second kappa shape index (κ2) is 10.4. The quantitative estimate of drug-likeness (QED) is 0.616. The molecule has 0 aromatic heterocycles. The van der Waals surface area contributed by atoms with E-state index < -0.39 is 0 Å². The standard InChI is InChI=1S/C16H23ClN2OS.ClH/c1-18-14-4-2-10-19(12-14)16(20)5-3-11-21-15-8-6-13(17)7-9-15;/h6-9,14,18H,2-5,10-12H2,1H3;1H. The summed E-state index contributed by atoms with van der Waals surface area (Å²) in [5, 5.41) is 4.04. The number of amides is 1. The first-order valence-electron chi connectivity index (χ1n) is 7.52. The SMILES string of the molecule is CNC1CCCN(C(=O)CCCSc2ccc(Cl)cc2)C1.Cl. The van der Waals surface area contributed by atoms with Crippen LogP contribution in [0, 0.1) is 0 Å². The van der Waals surface area contributed by atoms with E-state index in [1.54, 1.807) is 11.8 Å². The first kappa shape index (κ1) is 19.6. The number of likely N-dealkylation sites (tertiary alicyclic amines) is 1. The van der Waals surface area contributed by atoms with Crippen LogP contribution in [0.15, 0.2) is 29.2 Å². The summed E-state index contributed by atoms with van der Waals surface area (Å²) in [7, 11) is 1.97. The van der Waals surface area contributed by atoms with Crippen LogP contribution in [0.2, 0.25) is 5.02 Å². The van der Waals surface area contributed by atoms with Gasteiger partial charge in [-0.1, -0.05) is 11.6 Å². The van der Waals surface area contributed by atoms with Crippen LogP contribution in [0.1, 0.15) is 25.7 Å². The molecule has 0 aliphatic carbocycles. The smallest absolute Gasteiger partial charge is 0.222 e. The van der Waals surface area contributed by atoms with E-state index >= 15 is 0 Å². The van der Waals surface area contributed by atoms with Crippen molar-refractivity contribution < 1.29 is 4.79 Å². The Labute approximate surface area is 148 Å². The third-order valence-electron chi connectivity index (χ3n) is 3.80. The average molecular weight is 363 g/mol. The van der Waals surface area contributed by atoms with E-state index in [1.807, 2.05) is 36.2 Å². The normalized spacial score (nSPS) is 17.9. The fraction of sp³-hybridized carbons (Fsp3) is 0.562. The highest BCUT2D eigenvalue weighted by atomic mass is 35.5. The minimum absolute atomic E-state index is 0. The molecule has 0 saturated carbocycles. The Hall–Kier alpha value is -0.420. The molecule has 1 unspecified atom stereocenters. The van der Waals surface area contributed by atoms with Gasteiger partial charge in [-0.3, -0.25) is 4.79 Å². The highest BCUT2D eigenvalue weighted by Gasteiger charge is 2.21. The van der Waals surface area contributed by atoms with Gasteiger partial charge in [-0.05, 0) is 56.3 Å². The first-order chi connectivity index (χ1) is 10.2. The van der Waals surface area contributed by atoms with Crippen molar-refractivity contribution in [2.75, 3.05) is 25.9 Å².